The summed E-state index contributed by atoms with van der Waals surface area (Å²) in [6.07, 6.45) is 5.71. The molecule has 3 nitrogen and oxygen atoms in total. The fourth-order valence-electron chi connectivity index (χ4n) is 3.66. The summed E-state index contributed by atoms with van der Waals surface area (Å²) in [4.78, 5) is 8.90. The maximum absolute atomic E-state index is 4.45. The lowest BCUT2D eigenvalue weighted by atomic mass is 9.93. The van der Waals surface area contributed by atoms with Gasteiger partial charge in [-0.3, -0.25) is 0 Å². The number of hydrogen-bond donors (Lipinski definition) is 0. The number of aryl methyl sites for hydroxylation is 3. The third-order valence-corrected chi connectivity index (χ3v) is 5.05. The molecule has 0 N–H and O–H groups in total. The van der Waals surface area contributed by atoms with Crippen LogP contribution >= 0.6 is 0 Å². The summed E-state index contributed by atoms with van der Waals surface area (Å²) in [6.45, 7) is 6.54. The van der Waals surface area contributed by atoms with E-state index in [-0.39, 0.29) is 0 Å². The van der Waals surface area contributed by atoms with Crippen molar-refractivity contribution in [3.8, 4) is 22.6 Å². The number of hydrogen-bond acceptors (Lipinski definition) is 2. The Kier molecular flexibility index (Phi) is 4.00. The number of rotatable bonds is 2. The van der Waals surface area contributed by atoms with E-state index >= 15 is 0 Å². The molecule has 0 spiro atoms. The molecule has 0 radical (unpaired) electrons. The van der Waals surface area contributed by atoms with E-state index in [0.29, 0.717) is 0 Å². The van der Waals surface area contributed by atoms with Gasteiger partial charge in [-0.05, 0) is 50.1 Å². The summed E-state index contributed by atoms with van der Waals surface area (Å²) in [5.41, 5.74) is 7.49. The van der Waals surface area contributed by atoms with Crippen molar-refractivity contribution in [1.82, 2.24) is 9.97 Å². The lowest BCUT2D eigenvalue weighted by Crippen LogP contribution is -2.31. The highest BCUT2D eigenvalue weighted by atomic mass is 14.9. The first-order valence-electron chi connectivity index (χ1n) is 8.83. The van der Waals surface area contributed by atoms with E-state index in [1.165, 1.54) is 38.7 Å². The Bertz CT molecular complexity index is 1120. The van der Waals surface area contributed by atoms with Crippen LogP contribution in [0.5, 0.6) is 0 Å². The Morgan fingerprint density at radius 1 is 0.808 bits per heavy atom. The molecule has 2 aromatic carbocycles. The van der Waals surface area contributed by atoms with Gasteiger partial charge in [-0.2, -0.15) is 0 Å². The van der Waals surface area contributed by atoms with Crippen LogP contribution in [0.2, 0.25) is 0 Å². The Labute approximate surface area is 154 Å². The fourth-order valence-corrected chi connectivity index (χ4v) is 3.66. The van der Waals surface area contributed by atoms with Crippen molar-refractivity contribution in [2.45, 2.75) is 20.8 Å². The van der Waals surface area contributed by atoms with Crippen LogP contribution in [-0.2, 0) is 7.05 Å². The largest absolute Gasteiger partial charge is 0.237 e. The van der Waals surface area contributed by atoms with Crippen LogP contribution in [0.3, 0.4) is 0 Å². The third-order valence-electron chi connectivity index (χ3n) is 5.05. The zero-order valence-corrected chi connectivity index (χ0v) is 15.6. The van der Waals surface area contributed by atoms with Gasteiger partial charge in [-0.25, -0.2) is 14.5 Å². The van der Waals surface area contributed by atoms with Crippen LogP contribution in [0.25, 0.3) is 33.4 Å². The summed E-state index contributed by atoms with van der Waals surface area (Å²) in [5.74, 6) is 0.759. The van der Waals surface area contributed by atoms with Gasteiger partial charge in [-0.15, -0.1) is 0 Å². The maximum Gasteiger partial charge on any atom is 0.220 e. The highest BCUT2D eigenvalue weighted by Crippen LogP contribution is 2.33. The number of pyridine rings is 1. The molecule has 2 aromatic heterocycles. The lowest BCUT2D eigenvalue weighted by molar-refractivity contribution is -0.659. The van der Waals surface area contributed by atoms with E-state index in [4.69, 9.17) is 0 Å². The molecule has 0 saturated heterocycles. The highest BCUT2D eigenvalue weighted by molar-refractivity contribution is 6.01. The minimum absolute atomic E-state index is 0.759. The smallest absolute Gasteiger partial charge is 0.220 e. The first-order chi connectivity index (χ1) is 12.6. The molecule has 4 aromatic rings. The van der Waals surface area contributed by atoms with Gasteiger partial charge in [-0.1, -0.05) is 23.8 Å². The second kappa shape index (κ2) is 6.34. The van der Waals surface area contributed by atoms with Gasteiger partial charge in [0, 0.05) is 29.4 Å². The molecule has 3 heteroatoms. The number of benzene rings is 2. The molecule has 2 heterocycles. The molecule has 0 aliphatic heterocycles. The standard InChI is InChI=1S/C23H22N3/c1-15-13-16(2)17(3)21(14-15)22-19-7-5-8-20(18(19)9-12-26(22)4)23-24-10-6-11-25-23/h5-14H,1-4H3/q+1. The van der Waals surface area contributed by atoms with E-state index in [0.717, 1.165) is 11.4 Å². The lowest BCUT2D eigenvalue weighted by Gasteiger charge is -2.12. The molecule has 128 valence electrons. The summed E-state index contributed by atoms with van der Waals surface area (Å²) in [5, 5.41) is 2.39. The van der Waals surface area contributed by atoms with E-state index in [1.807, 2.05) is 6.07 Å². The summed E-state index contributed by atoms with van der Waals surface area (Å²) < 4.78 is 2.21. The molecular weight excluding hydrogens is 318 g/mol. The van der Waals surface area contributed by atoms with Crippen molar-refractivity contribution in [1.29, 1.82) is 0 Å². The van der Waals surface area contributed by atoms with Gasteiger partial charge < -0.3 is 0 Å². The predicted octanol–water partition coefficient (Wildman–Crippen LogP) is 4.71. The molecule has 0 aliphatic carbocycles. The van der Waals surface area contributed by atoms with Gasteiger partial charge in [0.2, 0.25) is 5.69 Å². The van der Waals surface area contributed by atoms with Crippen LogP contribution in [0.15, 0.2) is 61.1 Å². The van der Waals surface area contributed by atoms with Crippen molar-refractivity contribution in [3.63, 3.8) is 0 Å². The zero-order chi connectivity index (χ0) is 18.3. The molecule has 0 bridgehead atoms. The second-order valence-corrected chi connectivity index (χ2v) is 6.87. The van der Waals surface area contributed by atoms with Crippen LogP contribution in [0.1, 0.15) is 16.7 Å². The van der Waals surface area contributed by atoms with Gasteiger partial charge in [0.05, 0.1) is 10.9 Å². The van der Waals surface area contributed by atoms with Crippen LogP contribution < -0.4 is 4.57 Å². The molecule has 0 fully saturated rings. The van der Waals surface area contributed by atoms with Gasteiger partial charge >= 0.3 is 0 Å². The topological polar surface area (TPSA) is 29.7 Å². The summed E-state index contributed by atoms with van der Waals surface area (Å²) in [7, 11) is 2.11. The number of nitrogens with zero attached hydrogens (tertiary/aromatic N) is 3. The Morgan fingerprint density at radius 2 is 1.58 bits per heavy atom. The van der Waals surface area contributed by atoms with Crippen LogP contribution in [-0.4, -0.2) is 9.97 Å². The number of fused-ring (bicyclic) bond motifs is 1. The van der Waals surface area contributed by atoms with E-state index in [9.17, 15) is 0 Å². The molecule has 0 amide bonds. The average Bonchev–Trinajstić information content (AvgIpc) is 2.65. The minimum Gasteiger partial charge on any atom is -0.237 e. The molecule has 0 unspecified atom stereocenters. The van der Waals surface area contributed by atoms with Crippen molar-refractivity contribution >= 4 is 10.8 Å². The summed E-state index contributed by atoms with van der Waals surface area (Å²) in [6, 6.07) is 14.9. The average molecular weight is 340 g/mol. The van der Waals surface area contributed by atoms with Crippen LogP contribution in [0.4, 0.5) is 0 Å². The van der Waals surface area contributed by atoms with Gasteiger partial charge in [0.25, 0.3) is 0 Å². The first kappa shape index (κ1) is 16.4. The predicted molar refractivity (Wildman–Crippen MR) is 106 cm³/mol. The molecule has 0 atom stereocenters. The second-order valence-electron chi connectivity index (χ2n) is 6.87. The quantitative estimate of drug-likeness (QED) is 0.495. The Hall–Kier alpha value is -3.07. The van der Waals surface area contributed by atoms with E-state index in [2.05, 4.69) is 84.9 Å². The third kappa shape index (κ3) is 2.66. The minimum atomic E-state index is 0.759. The monoisotopic (exact) mass is 340 g/mol. The van der Waals surface area contributed by atoms with Crippen molar-refractivity contribution in [2.75, 3.05) is 0 Å². The zero-order valence-electron chi connectivity index (χ0n) is 15.6. The Balaban J connectivity index is 2.08. The molecular formula is C23H22N3+. The van der Waals surface area contributed by atoms with Crippen molar-refractivity contribution in [3.05, 3.63) is 77.7 Å². The van der Waals surface area contributed by atoms with E-state index < -0.39 is 0 Å². The van der Waals surface area contributed by atoms with Gasteiger partial charge in [0.15, 0.2) is 12.0 Å². The molecule has 0 saturated carbocycles. The van der Waals surface area contributed by atoms with E-state index in [1.54, 1.807) is 12.4 Å². The molecule has 26 heavy (non-hydrogen) atoms. The van der Waals surface area contributed by atoms with Crippen molar-refractivity contribution in [2.24, 2.45) is 7.05 Å². The van der Waals surface area contributed by atoms with Gasteiger partial charge in [0.1, 0.15) is 7.05 Å². The highest BCUT2D eigenvalue weighted by Gasteiger charge is 2.20. The summed E-state index contributed by atoms with van der Waals surface area (Å²) >= 11 is 0. The normalized spacial score (nSPS) is 11.1. The maximum atomic E-state index is 4.45. The first-order valence-corrected chi connectivity index (χ1v) is 8.83. The number of aromatic nitrogens is 3. The van der Waals surface area contributed by atoms with Crippen molar-refractivity contribution < 1.29 is 4.57 Å². The molecule has 0 aliphatic rings. The van der Waals surface area contributed by atoms with Crippen LogP contribution in [0, 0.1) is 20.8 Å². The molecule has 4 rings (SSSR count). The SMILES string of the molecule is Cc1cc(C)c(C)c(-c2c3cccc(-c4ncccn4)c3cc[n+]2C)c1. The fraction of sp³-hybridized carbons (Fsp3) is 0.174. The Morgan fingerprint density at radius 3 is 2.35 bits per heavy atom.